The molecule has 2 nitrogen and oxygen atoms in total. The zero-order valence-electron chi connectivity index (χ0n) is 6.53. The van der Waals surface area contributed by atoms with Crippen LogP contribution in [-0.4, -0.2) is 23.9 Å². The smallest absolute Gasteiger partial charge is 0.133 e. The van der Waals surface area contributed by atoms with Crippen molar-refractivity contribution >= 4 is 0 Å². The molecule has 2 unspecified atom stereocenters. The number of aliphatic hydroxyl groups is 1. The molecule has 1 rings (SSSR count). The van der Waals surface area contributed by atoms with E-state index in [0.717, 1.165) is 0 Å². The molecule has 0 aliphatic heterocycles. The highest BCUT2D eigenvalue weighted by Gasteiger charge is 2.31. The second-order valence-corrected chi connectivity index (χ2v) is 2.45. The highest BCUT2D eigenvalue weighted by molar-refractivity contribution is 5.28. The predicted octanol–water partition coefficient (Wildman–Crippen LogP) is 1.04. The Morgan fingerprint density at radius 1 is 1.64 bits per heavy atom. The Morgan fingerprint density at radius 2 is 2.36 bits per heavy atom. The summed E-state index contributed by atoms with van der Waals surface area (Å²) in [6.07, 6.45) is 8.03. The zero-order chi connectivity index (χ0) is 8.32. The molecule has 0 heterocycles. The minimum Gasteiger partial charge on any atom is -0.385 e. The van der Waals surface area contributed by atoms with Gasteiger partial charge < -0.3 is 9.84 Å². The van der Waals surface area contributed by atoms with E-state index in [1.165, 1.54) is 0 Å². The van der Waals surface area contributed by atoms with Crippen molar-refractivity contribution in [1.29, 1.82) is 0 Å². The van der Waals surface area contributed by atoms with E-state index < -0.39 is 11.7 Å². The zero-order valence-corrected chi connectivity index (χ0v) is 6.53. The van der Waals surface area contributed by atoms with Gasteiger partial charge in [0.1, 0.15) is 11.7 Å². The van der Waals surface area contributed by atoms with Crippen LogP contribution in [0.15, 0.2) is 37.0 Å². The number of rotatable bonds is 2. The van der Waals surface area contributed by atoms with Gasteiger partial charge in [-0.05, 0) is 6.08 Å². The molecule has 0 amide bonds. The molecular weight excluding hydrogens is 140 g/mol. The third-order valence-electron chi connectivity index (χ3n) is 1.90. The van der Waals surface area contributed by atoms with Gasteiger partial charge in [0.15, 0.2) is 0 Å². The summed E-state index contributed by atoms with van der Waals surface area (Å²) in [6.45, 7) is 3.61. The lowest BCUT2D eigenvalue weighted by Crippen LogP contribution is -2.40. The van der Waals surface area contributed by atoms with Gasteiger partial charge in [-0.2, -0.15) is 0 Å². The number of allylic oxidation sites excluding steroid dienone is 2. The van der Waals surface area contributed by atoms with Crippen molar-refractivity contribution in [3.8, 4) is 0 Å². The standard InChI is InChI=1S/C9H12O2/c1-3-9(11-2)7-5-4-6-8(9)10/h3-8,10H,1H2,2H3. The van der Waals surface area contributed by atoms with Gasteiger partial charge in [0.05, 0.1) is 0 Å². The highest BCUT2D eigenvalue weighted by atomic mass is 16.5. The molecule has 2 atom stereocenters. The molecule has 0 aromatic rings. The van der Waals surface area contributed by atoms with Crippen LogP contribution < -0.4 is 0 Å². The van der Waals surface area contributed by atoms with Crippen LogP contribution in [0.2, 0.25) is 0 Å². The molecule has 0 fully saturated rings. The molecule has 0 aromatic heterocycles. The van der Waals surface area contributed by atoms with Gasteiger partial charge in [0.25, 0.3) is 0 Å². The molecule has 1 aliphatic carbocycles. The van der Waals surface area contributed by atoms with Gasteiger partial charge in [0.2, 0.25) is 0 Å². The van der Waals surface area contributed by atoms with Crippen LogP contribution in [0.4, 0.5) is 0 Å². The highest BCUT2D eigenvalue weighted by Crippen LogP contribution is 2.22. The fourth-order valence-corrected chi connectivity index (χ4v) is 1.09. The average molecular weight is 152 g/mol. The minimum atomic E-state index is -0.727. The van der Waals surface area contributed by atoms with Crippen molar-refractivity contribution in [3.63, 3.8) is 0 Å². The van der Waals surface area contributed by atoms with Crippen molar-refractivity contribution in [3.05, 3.63) is 37.0 Å². The summed E-state index contributed by atoms with van der Waals surface area (Å²) in [5, 5.41) is 9.49. The SMILES string of the molecule is C=CC1(OC)C=CC=CC1O. The van der Waals surface area contributed by atoms with Gasteiger partial charge in [-0.1, -0.05) is 30.9 Å². The van der Waals surface area contributed by atoms with Gasteiger partial charge in [-0.15, -0.1) is 0 Å². The largest absolute Gasteiger partial charge is 0.385 e. The van der Waals surface area contributed by atoms with E-state index in [0.29, 0.717) is 0 Å². The van der Waals surface area contributed by atoms with Crippen LogP contribution in [0, 0.1) is 0 Å². The Balaban J connectivity index is 2.91. The molecule has 0 bridgehead atoms. The number of hydrogen-bond donors (Lipinski definition) is 1. The molecule has 1 aliphatic rings. The molecule has 2 heteroatoms. The fraction of sp³-hybridized carbons (Fsp3) is 0.333. The Kier molecular flexibility index (Phi) is 2.27. The van der Waals surface area contributed by atoms with E-state index in [-0.39, 0.29) is 0 Å². The maximum Gasteiger partial charge on any atom is 0.133 e. The molecule has 0 saturated carbocycles. The molecule has 11 heavy (non-hydrogen) atoms. The number of ether oxygens (including phenoxy) is 1. The van der Waals surface area contributed by atoms with E-state index in [9.17, 15) is 5.11 Å². The van der Waals surface area contributed by atoms with E-state index in [4.69, 9.17) is 4.74 Å². The summed E-state index contributed by atoms with van der Waals surface area (Å²) < 4.78 is 5.13. The summed E-state index contributed by atoms with van der Waals surface area (Å²) in [6, 6.07) is 0. The first kappa shape index (κ1) is 8.24. The molecule has 1 N–H and O–H groups in total. The van der Waals surface area contributed by atoms with Gasteiger partial charge in [-0.3, -0.25) is 0 Å². The Labute approximate surface area is 66.5 Å². The average Bonchev–Trinajstić information content (AvgIpc) is 2.06. The molecule has 60 valence electrons. The van der Waals surface area contributed by atoms with Crippen LogP contribution in [0.1, 0.15) is 0 Å². The quantitative estimate of drug-likeness (QED) is 0.599. The lowest BCUT2D eigenvalue weighted by Gasteiger charge is -2.30. The van der Waals surface area contributed by atoms with Crippen molar-refractivity contribution in [2.75, 3.05) is 7.11 Å². The molecular formula is C9H12O2. The maximum atomic E-state index is 9.49. The Morgan fingerprint density at radius 3 is 2.73 bits per heavy atom. The second-order valence-electron chi connectivity index (χ2n) is 2.45. The van der Waals surface area contributed by atoms with Gasteiger partial charge in [0, 0.05) is 7.11 Å². The van der Waals surface area contributed by atoms with Crippen molar-refractivity contribution in [2.45, 2.75) is 11.7 Å². The van der Waals surface area contributed by atoms with E-state index in [2.05, 4.69) is 6.58 Å². The van der Waals surface area contributed by atoms with E-state index >= 15 is 0 Å². The van der Waals surface area contributed by atoms with E-state index in [1.54, 1.807) is 31.4 Å². The lowest BCUT2D eigenvalue weighted by molar-refractivity contribution is -0.0144. The van der Waals surface area contributed by atoms with Crippen molar-refractivity contribution in [2.24, 2.45) is 0 Å². The van der Waals surface area contributed by atoms with Crippen molar-refractivity contribution in [1.82, 2.24) is 0 Å². The summed E-state index contributed by atoms with van der Waals surface area (Å²) in [7, 11) is 1.55. The van der Waals surface area contributed by atoms with Gasteiger partial charge >= 0.3 is 0 Å². The fourth-order valence-electron chi connectivity index (χ4n) is 1.09. The minimum absolute atomic E-state index is 0.630. The third kappa shape index (κ3) is 1.27. The summed E-state index contributed by atoms with van der Waals surface area (Å²) in [5.74, 6) is 0. The Bertz CT molecular complexity index is 206. The summed E-state index contributed by atoms with van der Waals surface area (Å²) in [4.78, 5) is 0. The third-order valence-corrected chi connectivity index (χ3v) is 1.90. The number of methoxy groups -OCH3 is 1. The first-order valence-electron chi connectivity index (χ1n) is 3.48. The van der Waals surface area contributed by atoms with Crippen LogP contribution in [-0.2, 0) is 4.74 Å². The number of aliphatic hydroxyl groups excluding tert-OH is 1. The maximum absolute atomic E-state index is 9.49. The number of hydrogen-bond acceptors (Lipinski definition) is 2. The van der Waals surface area contributed by atoms with E-state index in [1.807, 2.05) is 6.08 Å². The van der Waals surface area contributed by atoms with Gasteiger partial charge in [-0.25, -0.2) is 0 Å². The molecule has 0 radical (unpaired) electrons. The lowest BCUT2D eigenvalue weighted by atomic mass is 9.92. The monoisotopic (exact) mass is 152 g/mol. The van der Waals surface area contributed by atoms with Crippen molar-refractivity contribution < 1.29 is 9.84 Å². The first-order chi connectivity index (χ1) is 5.25. The van der Waals surface area contributed by atoms with Crippen LogP contribution in [0.25, 0.3) is 0 Å². The normalized spacial score (nSPS) is 35.6. The molecule has 0 spiro atoms. The topological polar surface area (TPSA) is 29.5 Å². The molecule has 0 saturated heterocycles. The predicted molar refractivity (Wildman–Crippen MR) is 44.2 cm³/mol. The van der Waals surface area contributed by atoms with Crippen LogP contribution in [0.5, 0.6) is 0 Å². The van der Waals surface area contributed by atoms with Crippen LogP contribution in [0.3, 0.4) is 0 Å². The van der Waals surface area contributed by atoms with Crippen LogP contribution >= 0.6 is 0 Å². The summed E-state index contributed by atoms with van der Waals surface area (Å²) in [5.41, 5.74) is -0.727. The first-order valence-corrected chi connectivity index (χ1v) is 3.48. The summed E-state index contributed by atoms with van der Waals surface area (Å²) >= 11 is 0. The molecule has 0 aromatic carbocycles. The Hall–Kier alpha value is -0.860. The second kappa shape index (κ2) is 3.03.